The van der Waals surface area contributed by atoms with Crippen LogP contribution in [-0.2, 0) is 4.79 Å². The number of hydrogen-bond acceptors (Lipinski definition) is 3. The molecule has 0 radical (unpaired) electrons. The van der Waals surface area contributed by atoms with Crippen LogP contribution in [0.15, 0.2) is 0 Å². The van der Waals surface area contributed by atoms with Gasteiger partial charge in [-0.1, -0.05) is 19.3 Å². The molecule has 0 aromatic carbocycles. The standard InChI is InChI=1S/C14H26N2O2/c1-13(6-4-5-11(13)15)12(18)16-9-14(10-17)7-2-3-8-14/h11,17H,2-10,15H2,1H3,(H,16,18). The van der Waals surface area contributed by atoms with Crippen molar-refractivity contribution in [2.75, 3.05) is 13.2 Å². The Hall–Kier alpha value is -0.610. The van der Waals surface area contributed by atoms with E-state index >= 15 is 0 Å². The molecule has 2 aliphatic rings. The number of aliphatic hydroxyl groups excluding tert-OH is 1. The first-order valence-electron chi connectivity index (χ1n) is 7.17. The Labute approximate surface area is 109 Å². The minimum atomic E-state index is -0.407. The van der Waals surface area contributed by atoms with Crippen molar-refractivity contribution in [1.82, 2.24) is 5.32 Å². The lowest BCUT2D eigenvalue weighted by molar-refractivity contribution is -0.131. The average molecular weight is 254 g/mol. The van der Waals surface area contributed by atoms with E-state index in [1.165, 1.54) is 0 Å². The molecule has 0 saturated heterocycles. The van der Waals surface area contributed by atoms with Crippen LogP contribution in [0.5, 0.6) is 0 Å². The zero-order valence-electron chi connectivity index (χ0n) is 11.4. The Kier molecular flexibility index (Phi) is 3.97. The summed E-state index contributed by atoms with van der Waals surface area (Å²) in [4.78, 5) is 12.3. The molecule has 18 heavy (non-hydrogen) atoms. The number of nitrogens with two attached hydrogens (primary N) is 1. The second-order valence-electron chi connectivity index (χ2n) is 6.46. The minimum Gasteiger partial charge on any atom is -0.396 e. The van der Waals surface area contributed by atoms with Crippen LogP contribution >= 0.6 is 0 Å². The molecule has 1 amide bonds. The largest absolute Gasteiger partial charge is 0.396 e. The molecule has 0 bridgehead atoms. The van der Waals surface area contributed by atoms with E-state index in [4.69, 9.17) is 5.73 Å². The molecular weight excluding hydrogens is 228 g/mol. The molecule has 0 aromatic rings. The maximum atomic E-state index is 12.3. The fourth-order valence-corrected chi connectivity index (χ4v) is 3.46. The second-order valence-corrected chi connectivity index (χ2v) is 6.46. The van der Waals surface area contributed by atoms with E-state index in [0.29, 0.717) is 6.54 Å². The summed E-state index contributed by atoms with van der Waals surface area (Å²) < 4.78 is 0. The van der Waals surface area contributed by atoms with Crippen LogP contribution in [0, 0.1) is 10.8 Å². The zero-order chi connectivity index (χ0) is 13.2. The van der Waals surface area contributed by atoms with Crippen LogP contribution in [0.25, 0.3) is 0 Å². The molecule has 104 valence electrons. The van der Waals surface area contributed by atoms with Gasteiger partial charge in [0, 0.05) is 18.0 Å². The van der Waals surface area contributed by atoms with Gasteiger partial charge in [-0.15, -0.1) is 0 Å². The third kappa shape index (κ3) is 2.41. The van der Waals surface area contributed by atoms with Gasteiger partial charge < -0.3 is 16.2 Å². The molecule has 4 nitrogen and oxygen atoms in total. The molecular formula is C14H26N2O2. The molecule has 0 aliphatic heterocycles. The summed E-state index contributed by atoms with van der Waals surface area (Å²) in [5.41, 5.74) is 5.57. The van der Waals surface area contributed by atoms with Crippen LogP contribution in [0.3, 0.4) is 0 Å². The fraction of sp³-hybridized carbons (Fsp3) is 0.929. The first-order valence-corrected chi connectivity index (χ1v) is 7.17. The smallest absolute Gasteiger partial charge is 0.227 e. The summed E-state index contributed by atoms with van der Waals surface area (Å²) in [5, 5.41) is 12.6. The Bertz CT molecular complexity index is 313. The maximum Gasteiger partial charge on any atom is 0.227 e. The van der Waals surface area contributed by atoms with Crippen LogP contribution in [0.4, 0.5) is 0 Å². The fourth-order valence-electron chi connectivity index (χ4n) is 3.46. The quantitative estimate of drug-likeness (QED) is 0.705. The Balaban J connectivity index is 1.91. The van der Waals surface area contributed by atoms with Crippen LogP contribution in [0.1, 0.15) is 51.9 Å². The molecule has 0 heterocycles. The summed E-state index contributed by atoms with van der Waals surface area (Å²) >= 11 is 0. The van der Waals surface area contributed by atoms with E-state index in [0.717, 1.165) is 44.9 Å². The van der Waals surface area contributed by atoms with E-state index in [1.807, 2.05) is 6.92 Å². The van der Waals surface area contributed by atoms with Crippen molar-refractivity contribution in [2.45, 2.75) is 57.9 Å². The van der Waals surface area contributed by atoms with Crippen molar-refractivity contribution in [1.29, 1.82) is 0 Å². The first kappa shape index (κ1) is 13.8. The highest BCUT2D eigenvalue weighted by Crippen LogP contribution is 2.39. The van der Waals surface area contributed by atoms with Gasteiger partial charge in [-0.3, -0.25) is 4.79 Å². The van der Waals surface area contributed by atoms with E-state index in [-0.39, 0.29) is 24.0 Å². The summed E-state index contributed by atoms with van der Waals surface area (Å²) in [6.45, 7) is 2.75. The second kappa shape index (κ2) is 5.17. The predicted molar refractivity (Wildman–Crippen MR) is 70.9 cm³/mol. The number of aliphatic hydroxyl groups is 1. The highest BCUT2D eigenvalue weighted by Gasteiger charge is 2.44. The van der Waals surface area contributed by atoms with Gasteiger partial charge in [-0.2, -0.15) is 0 Å². The van der Waals surface area contributed by atoms with Crippen molar-refractivity contribution in [3.05, 3.63) is 0 Å². The van der Waals surface area contributed by atoms with Crippen molar-refractivity contribution in [3.63, 3.8) is 0 Å². The van der Waals surface area contributed by atoms with Crippen molar-refractivity contribution >= 4 is 5.91 Å². The Morgan fingerprint density at radius 3 is 2.50 bits per heavy atom. The van der Waals surface area contributed by atoms with Gasteiger partial charge in [-0.25, -0.2) is 0 Å². The Morgan fingerprint density at radius 1 is 1.33 bits per heavy atom. The lowest BCUT2D eigenvalue weighted by atomic mass is 9.82. The highest BCUT2D eigenvalue weighted by molar-refractivity contribution is 5.83. The summed E-state index contributed by atoms with van der Waals surface area (Å²) in [6.07, 6.45) is 7.22. The normalized spacial score (nSPS) is 34.7. The molecule has 4 N–H and O–H groups in total. The third-order valence-corrected chi connectivity index (χ3v) is 5.17. The summed E-state index contributed by atoms with van der Waals surface area (Å²) in [7, 11) is 0. The molecule has 2 unspecified atom stereocenters. The van der Waals surface area contributed by atoms with Gasteiger partial charge in [-0.05, 0) is 32.6 Å². The van der Waals surface area contributed by atoms with Gasteiger partial charge >= 0.3 is 0 Å². The third-order valence-electron chi connectivity index (χ3n) is 5.17. The van der Waals surface area contributed by atoms with E-state index in [9.17, 15) is 9.90 Å². The highest BCUT2D eigenvalue weighted by atomic mass is 16.3. The Morgan fingerprint density at radius 2 is 2.00 bits per heavy atom. The van der Waals surface area contributed by atoms with Gasteiger partial charge in [0.15, 0.2) is 0 Å². The number of carbonyl (C=O) groups excluding carboxylic acids is 1. The van der Waals surface area contributed by atoms with Crippen LogP contribution < -0.4 is 11.1 Å². The number of rotatable bonds is 4. The van der Waals surface area contributed by atoms with E-state index < -0.39 is 5.41 Å². The molecule has 2 atom stereocenters. The maximum absolute atomic E-state index is 12.3. The number of carbonyl (C=O) groups is 1. The number of hydrogen-bond donors (Lipinski definition) is 3. The zero-order valence-corrected chi connectivity index (χ0v) is 11.4. The van der Waals surface area contributed by atoms with Gasteiger partial charge in [0.25, 0.3) is 0 Å². The minimum absolute atomic E-state index is 0.0221. The molecule has 2 fully saturated rings. The van der Waals surface area contributed by atoms with Crippen molar-refractivity contribution < 1.29 is 9.90 Å². The molecule has 2 aliphatic carbocycles. The molecule has 0 aromatic heterocycles. The molecule has 4 heteroatoms. The lowest BCUT2D eigenvalue weighted by Gasteiger charge is -2.32. The number of amides is 1. The van der Waals surface area contributed by atoms with Crippen molar-refractivity contribution in [3.8, 4) is 0 Å². The van der Waals surface area contributed by atoms with E-state index in [2.05, 4.69) is 5.32 Å². The topological polar surface area (TPSA) is 75.3 Å². The number of nitrogens with one attached hydrogen (secondary N) is 1. The molecule has 0 spiro atoms. The SMILES string of the molecule is CC1(C(=O)NCC2(CO)CCCC2)CCCC1N. The van der Waals surface area contributed by atoms with Crippen LogP contribution in [0.2, 0.25) is 0 Å². The van der Waals surface area contributed by atoms with E-state index in [1.54, 1.807) is 0 Å². The summed E-state index contributed by atoms with van der Waals surface area (Å²) in [6, 6.07) is -0.0221. The first-order chi connectivity index (χ1) is 8.52. The van der Waals surface area contributed by atoms with Gasteiger partial charge in [0.1, 0.15) is 0 Å². The monoisotopic (exact) mass is 254 g/mol. The van der Waals surface area contributed by atoms with Crippen molar-refractivity contribution in [2.24, 2.45) is 16.6 Å². The lowest BCUT2D eigenvalue weighted by Crippen LogP contribution is -2.50. The predicted octanol–water partition coefficient (Wildman–Crippen LogP) is 1.17. The average Bonchev–Trinajstić information content (AvgIpc) is 2.96. The summed E-state index contributed by atoms with van der Waals surface area (Å²) in [5.74, 6) is 0.0761. The molecule has 2 saturated carbocycles. The van der Waals surface area contributed by atoms with Gasteiger partial charge in [0.2, 0.25) is 5.91 Å². The van der Waals surface area contributed by atoms with Gasteiger partial charge in [0.05, 0.1) is 12.0 Å². The van der Waals surface area contributed by atoms with Crippen LogP contribution in [-0.4, -0.2) is 30.2 Å². The molecule has 2 rings (SSSR count).